The Morgan fingerprint density at radius 3 is 2.32 bits per heavy atom. The van der Waals surface area contributed by atoms with Gasteiger partial charge in [-0.25, -0.2) is 4.79 Å². The summed E-state index contributed by atoms with van der Waals surface area (Å²) in [5.41, 5.74) is 5.78. The zero-order valence-electron chi connectivity index (χ0n) is 15.4. The molecule has 0 spiro atoms. The zero-order valence-corrected chi connectivity index (χ0v) is 15.4. The van der Waals surface area contributed by atoms with E-state index in [9.17, 15) is 4.79 Å². The average molecular weight is 337 g/mol. The highest BCUT2D eigenvalue weighted by Crippen LogP contribution is 2.22. The van der Waals surface area contributed by atoms with Gasteiger partial charge in [0.15, 0.2) is 0 Å². The second-order valence-electron chi connectivity index (χ2n) is 6.70. The molecule has 2 aromatic rings. The molecule has 4 heteroatoms. The number of urea groups is 1. The average Bonchev–Trinajstić information content (AvgIpc) is 2.64. The highest BCUT2D eigenvalue weighted by molar-refractivity contribution is 5.91. The Kier molecular flexibility index (Phi) is 5.27. The lowest BCUT2D eigenvalue weighted by molar-refractivity contribution is 0.208. The van der Waals surface area contributed by atoms with E-state index in [1.807, 2.05) is 24.0 Å². The van der Waals surface area contributed by atoms with E-state index in [-0.39, 0.29) is 6.03 Å². The lowest BCUT2D eigenvalue weighted by Crippen LogP contribution is -2.50. The van der Waals surface area contributed by atoms with Crippen LogP contribution in [0.2, 0.25) is 0 Å². The summed E-state index contributed by atoms with van der Waals surface area (Å²) in [5.74, 6) is 0. The third-order valence-corrected chi connectivity index (χ3v) is 4.94. The molecule has 1 N–H and O–H groups in total. The molecule has 132 valence electrons. The molecule has 1 aliphatic rings. The smallest absolute Gasteiger partial charge is 0.321 e. The molecule has 1 aliphatic heterocycles. The molecule has 1 heterocycles. The molecular formula is C21H27N3O. The molecule has 0 aromatic heterocycles. The number of nitrogens with one attached hydrogen (secondary N) is 1. The van der Waals surface area contributed by atoms with E-state index >= 15 is 0 Å². The molecule has 2 aromatic carbocycles. The molecule has 0 saturated carbocycles. The summed E-state index contributed by atoms with van der Waals surface area (Å²) < 4.78 is 0. The minimum atomic E-state index is 0.00700. The summed E-state index contributed by atoms with van der Waals surface area (Å²) in [4.78, 5) is 16.9. The fraction of sp³-hybridized carbons (Fsp3) is 0.381. The molecule has 0 aliphatic carbocycles. The second kappa shape index (κ2) is 7.60. The first kappa shape index (κ1) is 17.3. The fourth-order valence-electron chi connectivity index (χ4n) is 3.31. The molecule has 4 nitrogen and oxygen atoms in total. The molecule has 1 saturated heterocycles. The fourth-order valence-corrected chi connectivity index (χ4v) is 3.31. The lowest BCUT2D eigenvalue weighted by Gasteiger charge is -2.36. The normalized spacial score (nSPS) is 14.5. The zero-order chi connectivity index (χ0) is 17.8. The molecule has 0 bridgehead atoms. The van der Waals surface area contributed by atoms with Crippen LogP contribution in [0.3, 0.4) is 0 Å². The van der Waals surface area contributed by atoms with Gasteiger partial charge >= 0.3 is 6.03 Å². The predicted molar refractivity (Wildman–Crippen MR) is 105 cm³/mol. The number of rotatable bonds is 3. The minimum absolute atomic E-state index is 0.00700. The Morgan fingerprint density at radius 1 is 1.00 bits per heavy atom. The Hall–Kier alpha value is -2.49. The van der Waals surface area contributed by atoms with Gasteiger partial charge < -0.3 is 15.1 Å². The van der Waals surface area contributed by atoms with Crippen molar-refractivity contribution in [2.45, 2.75) is 27.2 Å². The van der Waals surface area contributed by atoms with Gasteiger partial charge in [0.25, 0.3) is 0 Å². The Balaban J connectivity index is 1.61. The number of piperazine rings is 1. The van der Waals surface area contributed by atoms with E-state index < -0.39 is 0 Å². The topological polar surface area (TPSA) is 35.6 Å². The first-order valence-electron chi connectivity index (χ1n) is 9.04. The Morgan fingerprint density at radius 2 is 1.68 bits per heavy atom. The lowest BCUT2D eigenvalue weighted by atomic mass is 10.1. The number of para-hydroxylation sites is 1. The highest BCUT2D eigenvalue weighted by Gasteiger charge is 2.22. The molecule has 0 atom stereocenters. The van der Waals surface area contributed by atoms with Crippen LogP contribution in [-0.2, 0) is 6.42 Å². The van der Waals surface area contributed by atoms with Crippen LogP contribution in [0.5, 0.6) is 0 Å². The van der Waals surface area contributed by atoms with Gasteiger partial charge in [0, 0.05) is 37.6 Å². The summed E-state index contributed by atoms with van der Waals surface area (Å²) >= 11 is 0. The van der Waals surface area contributed by atoms with Gasteiger partial charge in [-0.1, -0.05) is 42.8 Å². The van der Waals surface area contributed by atoms with Crippen molar-refractivity contribution >= 4 is 17.4 Å². The van der Waals surface area contributed by atoms with E-state index in [1.54, 1.807) is 0 Å². The molecule has 0 unspecified atom stereocenters. The number of hydrogen-bond acceptors (Lipinski definition) is 2. The maximum Gasteiger partial charge on any atom is 0.321 e. The van der Waals surface area contributed by atoms with Crippen molar-refractivity contribution in [3.63, 3.8) is 0 Å². The Bertz CT molecular complexity index is 731. The number of aryl methyl sites for hydroxylation is 3. The molecule has 0 radical (unpaired) electrons. The van der Waals surface area contributed by atoms with Gasteiger partial charge in [-0.2, -0.15) is 0 Å². The van der Waals surface area contributed by atoms with Crippen LogP contribution < -0.4 is 10.2 Å². The van der Waals surface area contributed by atoms with E-state index in [0.717, 1.165) is 43.9 Å². The van der Waals surface area contributed by atoms with Crippen molar-refractivity contribution < 1.29 is 4.79 Å². The number of carbonyl (C=O) groups is 1. The van der Waals surface area contributed by atoms with E-state index in [0.29, 0.717) is 0 Å². The second-order valence-corrected chi connectivity index (χ2v) is 6.70. The number of nitrogens with zero attached hydrogens (tertiary/aromatic N) is 2. The van der Waals surface area contributed by atoms with E-state index in [4.69, 9.17) is 0 Å². The summed E-state index contributed by atoms with van der Waals surface area (Å²) in [6.45, 7) is 9.48. The highest BCUT2D eigenvalue weighted by atomic mass is 16.2. The number of carbonyl (C=O) groups excluding carboxylic acids is 1. The van der Waals surface area contributed by atoms with Crippen LogP contribution in [-0.4, -0.2) is 37.1 Å². The van der Waals surface area contributed by atoms with Gasteiger partial charge in [-0.3, -0.25) is 0 Å². The minimum Gasteiger partial charge on any atom is -0.368 e. The first-order valence-corrected chi connectivity index (χ1v) is 9.04. The quantitative estimate of drug-likeness (QED) is 0.910. The van der Waals surface area contributed by atoms with Crippen molar-refractivity contribution in [3.8, 4) is 0 Å². The molecular weight excluding hydrogens is 310 g/mol. The third-order valence-electron chi connectivity index (χ3n) is 4.94. The van der Waals surface area contributed by atoms with Crippen LogP contribution in [0.1, 0.15) is 23.6 Å². The van der Waals surface area contributed by atoms with Crippen molar-refractivity contribution in [2.75, 3.05) is 36.4 Å². The summed E-state index contributed by atoms with van der Waals surface area (Å²) in [6.07, 6.45) is 0.915. The number of benzene rings is 2. The Labute approximate surface area is 150 Å². The number of amides is 2. The van der Waals surface area contributed by atoms with Crippen LogP contribution in [0.4, 0.5) is 16.2 Å². The number of anilines is 2. The van der Waals surface area contributed by atoms with Crippen LogP contribution >= 0.6 is 0 Å². The van der Waals surface area contributed by atoms with Crippen molar-refractivity contribution in [3.05, 3.63) is 59.2 Å². The predicted octanol–water partition coefficient (Wildman–Crippen LogP) is 4.22. The SMILES string of the molecule is CCc1cccc(C)c1NC(=O)N1CCN(c2ccc(C)cc2)CC1. The van der Waals surface area contributed by atoms with Gasteiger partial charge in [-0.15, -0.1) is 0 Å². The van der Waals surface area contributed by atoms with Crippen molar-refractivity contribution in [2.24, 2.45) is 0 Å². The van der Waals surface area contributed by atoms with Gasteiger partial charge in [0.1, 0.15) is 0 Å². The van der Waals surface area contributed by atoms with Gasteiger partial charge in [0.2, 0.25) is 0 Å². The maximum atomic E-state index is 12.7. The largest absolute Gasteiger partial charge is 0.368 e. The van der Waals surface area contributed by atoms with E-state index in [1.165, 1.54) is 16.8 Å². The van der Waals surface area contributed by atoms with Crippen LogP contribution in [0.25, 0.3) is 0 Å². The first-order chi connectivity index (χ1) is 12.1. The summed E-state index contributed by atoms with van der Waals surface area (Å²) in [7, 11) is 0. The monoisotopic (exact) mass is 337 g/mol. The van der Waals surface area contributed by atoms with Crippen molar-refractivity contribution in [1.82, 2.24) is 4.90 Å². The van der Waals surface area contributed by atoms with Gasteiger partial charge in [0.05, 0.1) is 0 Å². The molecule has 2 amide bonds. The standard InChI is InChI=1S/C21H27N3O/c1-4-18-7-5-6-17(3)20(18)22-21(25)24-14-12-23(13-15-24)19-10-8-16(2)9-11-19/h5-11H,4,12-15H2,1-3H3,(H,22,25). The van der Waals surface area contributed by atoms with Crippen LogP contribution in [0, 0.1) is 13.8 Å². The third kappa shape index (κ3) is 3.95. The molecule has 3 rings (SSSR count). The summed E-state index contributed by atoms with van der Waals surface area (Å²) in [5, 5.41) is 3.13. The number of hydrogen-bond donors (Lipinski definition) is 1. The molecule has 25 heavy (non-hydrogen) atoms. The maximum absolute atomic E-state index is 12.7. The van der Waals surface area contributed by atoms with Crippen molar-refractivity contribution in [1.29, 1.82) is 0 Å². The van der Waals surface area contributed by atoms with Crippen LogP contribution in [0.15, 0.2) is 42.5 Å². The van der Waals surface area contributed by atoms with Gasteiger partial charge in [-0.05, 0) is 43.5 Å². The molecule has 1 fully saturated rings. The van der Waals surface area contributed by atoms with E-state index in [2.05, 4.69) is 54.4 Å². The summed E-state index contributed by atoms with van der Waals surface area (Å²) in [6, 6.07) is 14.8.